The van der Waals surface area contributed by atoms with Crippen LogP contribution >= 0.6 is 0 Å². The Kier molecular flexibility index (Phi) is 4.85. The average Bonchev–Trinajstić information content (AvgIpc) is 3.27. The minimum absolute atomic E-state index is 0.0150. The van der Waals surface area contributed by atoms with Gasteiger partial charge in [-0.15, -0.1) is 0 Å². The van der Waals surface area contributed by atoms with Gasteiger partial charge in [0.1, 0.15) is 0 Å². The van der Waals surface area contributed by atoms with Crippen LogP contribution in [0.15, 0.2) is 24.3 Å². The summed E-state index contributed by atoms with van der Waals surface area (Å²) < 4.78 is 12.7. The van der Waals surface area contributed by atoms with Crippen molar-refractivity contribution >= 4 is 11.7 Å². The third kappa shape index (κ3) is 3.38. The number of benzene rings is 1. The Morgan fingerprint density at radius 3 is 2.39 bits per heavy atom. The molecule has 2 aliphatic heterocycles. The number of amides is 1. The maximum atomic E-state index is 12.8. The Bertz CT molecular complexity index is 926. The van der Waals surface area contributed by atoms with Gasteiger partial charge in [-0.05, 0) is 38.1 Å². The molecule has 1 aromatic carbocycles. The van der Waals surface area contributed by atoms with E-state index in [0.29, 0.717) is 49.8 Å². The number of Topliss-reactive ketones (excluding diaryl/α,β-unsaturated/α-hetero) is 1. The Hall–Kier alpha value is -2.80. The van der Waals surface area contributed by atoms with Gasteiger partial charge in [0, 0.05) is 55.7 Å². The van der Waals surface area contributed by atoms with Gasteiger partial charge >= 0.3 is 0 Å². The first-order valence-corrected chi connectivity index (χ1v) is 9.51. The number of fused-ring (bicyclic) bond motifs is 1. The number of rotatable bonds is 4. The molecule has 0 N–H and O–H groups in total. The maximum absolute atomic E-state index is 12.8. The van der Waals surface area contributed by atoms with Gasteiger partial charge in [-0.25, -0.2) is 0 Å². The summed E-state index contributed by atoms with van der Waals surface area (Å²) in [5, 5.41) is 0. The number of carbonyl (C=O) groups excluding carboxylic acids is 2. The van der Waals surface area contributed by atoms with Crippen LogP contribution in [0.2, 0.25) is 0 Å². The topological polar surface area (TPSA) is 64.0 Å². The molecule has 7 nitrogen and oxygen atoms in total. The molecular weight excluding hydrogens is 358 g/mol. The smallest absolute Gasteiger partial charge is 0.254 e. The Morgan fingerprint density at radius 2 is 1.71 bits per heavy atom. The third-order valence-corrected chi connectivity index (χ3v) is 5.72. The molecule has 0 atom stereocenters. The first-order valence-electron chi connectivity index (χ1n) is 9.51. The summed E-state index contributed by atoms with van der Waals surface area (Å²) in [5.74, 6) is 1.41. The fourth-order valence-electron chi connectivity index (χ4n) is 3.75. The molecule has 0 unspecified atom stereocenters. The molecule has 3 heterocycles. The van der Waals surface area contributed by atoms with Crippen LogP contribution in [0.5, 0.6) is 11.5 Å². The summed E-state index contributed by atoms with van der Waals surface area (Å²) in [7, 11) is 1.97. The molecule has 0 bridgehead atoms. The van der Waals surface area contributed by atoms with Crippen molar-refractivity contribution in [2.24, 2.45) is 7.05 Å². The summed E-state index contributed by atoms with van der Waals surface area (Å²) in [6.45, 7) is 7.14. The van der Waals surface area contributed by atoms with Crippen LogP contribution in [0.3, 0.4) is 0 Å². The van der Waals surface area contributed by atoms with Crippen molar-refractivity contribution < 1.29 is 19.1 Å². The molecule has 7 heteroatoms. The van der Waals surface area contributed by atoms with Crippen molar-refractivity contribution in [2.45, 2.75) is 13.8 Å². The number of hydrogen-bond acceptors (Lipinski definition) is 5. The van der Waals surface area contributed by atoms with E-state index in [0.717, 1.165) is 17.0 Å². The molecule has 4 rings (SSSR count). The number of aromatic nitrogens is 1. The SMILES string of the molecule is Cc1cc(C(=O)CN2CCN(C(=O)c3ccc4c(c3)OCO4)CC2)c(C)n1C. The highest BCUT2D eigenvalue weighted by molar-refractivity contribution is 5.99. The summed E-state index contributed by atoms with van der Waals surface area (Å²) in [4.78, 5) is 29.4. The van der Waals surface area contributed by atoms with Crippen molar-refractivity contribution in [3.05, 3.63) is 46.8 Å². The highest BCUT2D eigenvalue weighted by Crippen LogP contribution is 2.32. The van der Waals surface area contributed by atoms with Crippen LogP contribution < -0.4 is 9.47 Å². The van der Waals surface area contributed by atoms with Crippen LogP contribution in [0.4, 0.5) is 0 Å². The molecule has 0 spiro atoms. The monoisotopic (exact) mass is 383 g/mol. The van der Waals surface area contributed by atoms with Crippen LogP contribution in [0, 0.1) is 13.8 Å². The van der Waals surface area contributed by atoms with Gasteiger partial charge < -0.3 is 18.9 Å². The van der Waals surface area contributed by atoms with Crippen LogP contribution in [0.1, 0.15) is 32.1 Å². The largest absolute Gasteiger partial charge is 0.454 e. The molecule has 28 heavy (non-hydrogen) atoms. The van der Waals surface area contributed by atoms with Crippen molar-refractivity contribution in [3.8, 4) is 11.5 Å². The van der Waals surface area contributed by atoms with E-state index in [9.17, 15) is 9.59 Å². The molecule has 2 aromatic rings. The summed E-state index contributed by atoms with van der Waals surface area (Å²) in [6, 6.07) is 7.24. The zero-order valence-electron chi connectivity index (χ0n) is 16.5. The van der Waals surface area contributed by atoms with E-state index in [4.69, 9.17) is 9.47 Å². The van der Waals surface area contributed by atoms with Gasteiger partial charge in [-0.1, -0.05) is 0 Å². The molecular formula is C21H25N3O4. The predicted octanol–water partition coefficient (Wildman–Crippen LogP) is 2.01. The van der Waals surface area contributed by atoms with E-state index in [1.165, 1.54) is 0 Å². The highest BCUT2D eigenvalue weighted by Gasteiger charge is 2.26. The van der Waals surface area contributed by atoms with E-state index in [1.807, 2.05) is 36.4 Å². The molecule has 0 radical (unpaired) electrons. The second-order valence-electron chi connectivity index (χ2n) is 7.40. The third-order valence-electron chi connectivity index (χ3n) is 5.72. The van der Waals surface area contributed by atoms with Crippen molar-refractivity contribution in [2.75, 3.05) is 39.5 Å². The number of carbonyl (C=O) groups is 2. The van der Waals surface area contributed by atoms with Crippen LogP contribution in [-0.2, 0) is 7.05 Å². The van der Waals surface area contributed by atoms with Crippen LogP contribution in [-0.4, -0.2) is 65.6 Å². The summed E-state index contributed by atoms with van der Waals surface area (Å²) in [6.07, 6.45) is 0. The first-order chi connectivity index (χ1) is 13.4. The molecule has 1 amide bonds. The molecule has 1 saturated heterocycles. The van der Waals surface area contributed by atoms with Gasteiger partial charge in [-0.2, -0.15) is 0 Å². The zero-order valence-corrected chi connectivity index (χ0v) is 16.5. The lowest BCUT2D eigenvalue weighted by Gasteiger charge is -2.34. The minimum Gasteiger partial charge on any atom is -0.454 e. The minimum atomic E-state index is -0.0150. The average molecular weight is 383 g/mol. The van der Waals surface area contributed by atoms with Gasteiger partial charge in [0.15, 0.2) is 17.3 Å². The fourth-order valence-corrected chi connectivity index (χ4v) is 3.75. The van der Waals surface area contributed by atoms with E-state index in [2.05, 4.69) is 4.90 Å². The van der Waals surface area contributed by atoms with E-state index >= 15 is 0 Å². The van der Waals surface area contributed by atoms with Gasteiger partial charge in [0.25, 0.3) is 5.91 Å². The lowest BCUT2D eigenvalue weighted by molar-refractivity contribution is 0.0624. The second-order valence-corrected chi connectivity index (χ2v) is 7.40. The predicted molar refractivity (Wildman–Crippen MR) is 104 cm³/mol. The quantitative estimate of drug-likeness (QED) is 0.756. The Morgan fingerprint density at radius 1 is 1.00 bits per heavy atom. The van der Waals surface area contributed by atoms with Crippen molar-refractivity contribution in [1.82, 2.24) is 14.4 Å². The summed E-state index contributed by atoms with van der Waals surface area (Å²) in [5.41, 5.74) is 3.47. The molecule has 2 aliphatic rings. The number of hydrogen-bond donors (Lipinski definition) is 0. The Balaban J connectivity index is 1.35. The molecule has 148 valence electrons. The van der Waals surface area contributed by atoms with Gasteiger partial charge in [-0.3, -0.25) is 14.5 Å². The van der Waals surface area contributed by atoms with Gasteiger partial charge in [0.2, 0.25) is 6.79 Å². The first kappa shape index (κ1) is 18.6. The molecule has 0 saturated carbocycles. The standard InChI is InChI=1S/C21H25N3O4/c1-14-10-17(15(2)22(14)3)18(25)12-23-6-8-24(9-7-23)21(26)16-4-5-19-20(11-16)28-13-27-19/h4-5,10-11H,6-9,12-13H2,1-3H3. The molecule has 1 aromatic heterocycles. The van der Waals surface area contributed by atoms with Crippen LogP contribution in [0.25, 0.3) is 0 Å². The number of aryl methyl sites for hydroxylation is 1. The lowest BCUT2D eigenvalue weighted by atomic mass is 10.1. The fraction of sp³-hybridized carbons (Fsp3) is 0.429. The maximum Gasteiger partial charge on any atom is 0.254 e. The number of ether oxygens (including phenoxy) is 2. The normalized spacial score (nSPS) is 16.5. The molecule has 0 aliphatic carbocycles. The second kappa shape index (κ2) is 7.31. The Labute approximate surface area is 164 Å². The summed E-state index contributed by atoms with van der Waals surface area (Å²) >= 11 is 0. The zero-order chi connectivity index (χ0) is 19.8. The number of piperazine rings is 1. The molecule has 1 fully saturated rings. The van der Waals surface area contributed by atoms with E-state index in [1.54, 1.807) is 18.2 Å². The lowest BCUT2D eigenvalue weighted by Crippen LogP contribution is -2.49. The van der Waals surface area contributed by atoms with Crippen molar-refractivity contribution in [3.63, 3.8) is 0 Å². The van der Waals surface area contributed by atoms with E-state index in [-0.39, 0.29) is 18.5 Å². The van der Waals surface area contributed by atoms with Gasteiger partial charge in [0.05, 0.1) is 6.54 Å². The highest BCUT2D eigenvalue weighted by atomic mass is 16.7. The van der Waals surface area contributed by atoms with E-state index < -0.39 is 0 Å². The number of ketones is 1. The number of nitrogens with zero attached hydrogens (tertiary/aromatic N) is 3. The van der Waals surface area contributed by atoms with Crippen molar-refractivity contribution in [1.29, 1.82) is 0 Å².